The first-order valence-corrected chi connectivity index (χ1v) is 11.3. The molecule has 1 aliphatic rings. The summed E-state index contributed by atoms with van der Waals surface area (Å²) in [6.07, 6.45) is 1.52. The zero-order chi connectivity index (χ0) is 22.7. The molecule has 0 unspecified atom stereocenters. The molecule has 1 heterocycles. The standard InChI is InChI=1S/C27H31N3O2/c1-18-15-19(2)26(20(3)16-18)29-27(32)22-11-13-30(14-12-22)17-25(31)28-24-10-6-8-21-7-4-5-9-23(21)24/h4-10,15-16,22H,11-14,17H2,1-3H3,(H,28,31)(H,29,32). The van der Waals surface area contributed by atoms with Gasteiger partial charge in [-0.05, 0) is 69.3 Å². The van der Waals surface area contributed by atoms with Crippen molar-refractivity contribution < 1.29 is 9.59 Å². The number of nitrogens with one attached hydrogen (secondary N) is 2. The van der Waals surface area contributed by atoms with Gasteiger partial charge in [0.2, 0.25) is 11.8 Å². The minimum Gasteiger partial charge on any atom is -0.325 e. The molecule has 0 aromatic heterocycles. The van der Waals surface area contributed by atoms with Crippen LogP contribution in [-0.4, -0.2) is 36.3 Å². The monoisotopic (exact) mass is 429 g/mol. The molecule has 166 valence electrons. The summed E-state index contributed by atoms with van der Waals surface area (Å²) in [7, 11) is 0. The van der Waals surface area contributed by atoms with Crippen molar-refractivity contribution in [1.29, 1.82) is 0 Å². The van der Waals surface area contributed by atoms with Gasteiger partial charge in [-0.25, -0.2) is 0 Å². The maximum atomic E-state index is 12.8. The molecule has 0 spiro atoms. The van der Waals surface area contributed by atoms with E-state index in [2.05, 4.69) is 34.6 Å². The summed E-state index contributed by atoms with van der Waals surface area (Å²) in [5, 5.41) is 8.35. The highest BCUT2D eigenvalue weighted by Gasteiger charge is 2.26. The van der Waals surface area contributed by atoms with Crippen molar-refractivity contribution in [2.75, 3.05) is 30.3 Å². The van der Waals surface area contributed by atoms with E-state index in [1.54, 1.807) is 0 Å². The molecule has 2 amide bonds. The van der Waals surface area contributed by atoms with Crippen LogP contribution in [0.2, 0.25) is 0 Å². The van der Waals surface area contributed by atoms with Crippen molar-refractivity contribution >= 4 is 34.0 Å². The van der Waals surface area contributed by atoms with Crippen molar-refractivity contribution in [3.05, 3.63) is 71.3 Å². The number of likely N-dealkylation sites (tertiary alicyclic amines) is 1. The Bertz CT molecular complexity index is 1120. The van der Waals surface area contributed by atoms with E-state index in [0.717, 1.165) is 59.2 Å². The molecule has 2 N–H and O–H groups in total. The van der Waals surface area contributed by atoms with Gasteiger partial charge in [0.15, 0.2) is 0 Å². The van der Waals surface area contributed by atoms with Crippen molar-refractivity contribution in [3.8, 4) is 0 Å². The maximum Gasteiger partial charge on any atom is 0.238 e. The van der Waals surface area contributed by atoms with Crippen LogP contribution in [-0.2, 0) is 9.59 Å². The van der Waals surface area contributed by atoms with Crippen LogP contribution in [0.3, 0.4) is 0 Å². The highest BCUT2D eigenvalue weighted by atomic mass is 16.2. The van der Waals surface area contributed by atoms with E-state index < -0.39 is 0 Å². The van der Waals surface area contributed by atoms with E-state index in [1.807, 2.05) is 56.3 Å². The van der Waals surface area contributed by atoms with E-state index in [9.17, 15) is 9.59 Å². The average molecular weight is 430 g/mol. The summed E-state index contributed by atoms with van der Waals surface area (Å²) < 4.78 is 0. The zero-order valence-corrected chi connectivity index (χ0v) is 19.1. The molecule has 4 rings (SSSR count). The molecule has 0 atom stereocenters. The Hall–Kier alpha value is -3.18. The third-order valence-electron chi connectivity index (χ3n) is 6.31. The fraction of sp³-hybridized carbons (Fsp3) is 0.333. The minimum absolute atomic E-state index is 0.0184. The molecule has 5 nitrogen and oxygen atoms in total. The highest BCUT2D eigenvalue weighted by molar-refractivity contribution is 6.02. The van der Waals surface area contributed by atoms with Crippen LogP contribution in [0.25, 0.3) is 10.8 Å². The number of benzene rings is 3. The molecule has 0 aliphatic carbocycles. The summed E-state index contributed by atoms with van der Waals surface area (Å²) in [5.41, 5.74) is 5.16. The summed E-state index contributed by atoms with van der Waals surface area (Å²) in [5.74, 6) is 0.0440. The number of piperidine rings is 1. The Morgan fingerprint density at radius 1 is 0.906 bits per heavy atom. The number of amides is 2. The molecule has 0 radical (unpaired) electrons. The predicted octanol–water partition coefficient (Wildman–Crippen LogP) is 5.05. The third-order valence-corrected chi connectivity index (χ3v) is 6.31. The van der Waals surface area contributed by atoms with Gasteiger partial charge in [0.1, 0.15) is 0 Å². The molecule has 0 saturated carbocycles. The highest BCUT2D eigenvalue weighted by Crippen LogP contribution is 2.26. The quantitative estimate of drug-likeness (QED) is 0.596. The van der Waals surface area contributed by atoms with Gasteiger partial charge in [-0.1, -0.05) is 54.1 Å². The number of aryl methyl sites for hydroxylation is 3. The Kier molecular flexibility index (Phi) is 6.56. The molecule has 3 aromatic carbocycles. The van der Waals surface area contributed by atoms with Crippen LogP contribution < -0.4 is 10.6 Å². The average Bonchev–Trinajstić information content (AvgIpc) is 2.77. The number of hydrogen-bond donors (Lipinski definition) is 2. The zero-order valence-electron chi connectivity index (χ0n) is 19.1. The topological polar surface area (TPSA) is 61.4 Å². The van der Waals surface area contributed by atoms with Gasteiger partial charge in [-0.15, -0.1) is 0 Å². The number of hydrogen-bond acceptors (Lipinski definition) is 3. The molecule has 1 aliphatic heterocycles. The largest absolute Gasteiger partial charge is 0.325 e. The second kappa shape index (κ2) is 9.53. The third kappa shape index (κ3) is 5.00. The van der Waals surface area contributed by atoms with Gasteiger partial charge < -0.3 is 10.6 Å². The lowest BCUT2D eigenvalue weighted by Gasteiger charge is -2.31. The summed E-state index contributed by atoms with van der Waals surface area (Å²) in [4.78, 5) is 27.6. The molecule has 32 heavy (non-hydrogen) atoms. The summed E-state index contributed by atoms with van der Waals surface area (Å²) in [6, 6.07) is 18.2. The smallest absolute Gasteiger partial charge is 0.238 e. The van der Waals surface area contributed by atoms with Crippen LogP contribution in [0.4, 0.5) is 11.4 Å². The molecular formula is C27H31N3O2. The van der Waals surface area contributed by atoms with Crippen LogP contribution in [0.1, 0.15) is 29.5 Å². The SMILES string of the molecule is Cc1cc(C)c(NC(=O)C2CCN(CC(=O)Nc3cccc4ccccc34)CC2)c(C)c1. The first kappa shape index (κ1) is 22.0. The lowest BCUT2D eigenvalue weighted by molar-refractivity contribution is -0.121. The van der Waals surface area contributed by atoms with Crippen molar-refractivity contribution in [2.45, 2.75) is 33.6 Å². The number of anilines is 2. The van der Waals surface area contributed by atoms with Gasteiger partial charge in [0.25, 0.3) is 0 Å². The fourth-order valence-electron chi connectivity index (χ4n) is 4.68. The van der Waals surface area contributed by atoms with Gasteiger partial charge in [0.05, 0.1) is 6.54 Å². The number of nitrogens with zero attached hydrogens (tertiary/aromatic N) is 1. The normalized spacial score (nSPS) is 15.0. The maximum absolute atomic E-state index is 12.8. The van der Waals surface area contributed by atoms with Crippen LogP contribution in [0, 0.1) is 26.7 Å². The predicted molar refractivity (Wildman–Crippen MR) is 131 cm³/mol. The van der Waals surface area contributed by atoms with Gasteiger partial charge in [-0.2, -0.15) is 0 Å². The van der Waals surface area contributed by atoms with Crippen molar-refractivity contribution in [2.24, 2.45) is 5.92 Å². The Labute approximate surface area is 189 Å². The van der Waals surface area contributed by atoms with Crippen molar-refractivity contribution in [3.63, 3.8) is 0 Å². The fourth-order valence-corrected chi connectivity index (χ4v) is 4.68. The molecule has 0 bridgehead atoms. The minimum atomic E-state index is -0.0209. The van der Waals surface area contributed by atoms with E-state index in [0.29, 0.717) is 6.54 Å². The molecule has 1 saturated heterocycles. The van der Waals surface area contributed by atoms with E-state index >= 15 is 0 Å². The second-order valence-corrected chi connectivity index (χ2v) is 8.89. The van der Waals surface area contributed by atoms with Crippen LogP contribution in [0.15, 0.2) is 54.6 Å². The lowest BCUT2D eigenvalue weighted by atomic mass is 9.95. The number of carbonyl (C=O) groups is 2. The summed E-state index contributed by atoms with van der Waals surface area (Å²) in [6.45, 7) is 7.96. The van der Waals surface area contributed by atoms with Crippen LogP contribution >= 0.6 is 0 Å². The molecule has 1 fully saturated rings. The Morgan fingerprint density at radius 2 is 1.56 bits per heavy atom. The number of rotatable bonds is 5. The second-order valence-electron chi connectivity index (χ2n) is 8.89. The molecule has 5 heteroatoms. The van der Waals surface area contributed by atoms with Crippen molar-refractivity contribution in [1.82, 2.24) is 4.90 Å². The van der Waals surface area contributed by atoms with Gasteiger partial charge >= 0.3 is 0 Å². The number of fused-ring (bicyclic) bond motifs is 1. The number of carbonyl (C=O) groups excluding carboxylic acids is 2. The summed E-state index contributed by atoms with van der Waals surface area (Å²) >= 11 is 0. The first-order chi connectivity index (χ1) is 15.4. The Morgan fingerprint density at radius 3 is 2.28 bits per heavy atom. The Balaban J connectivity index is 1.30. The van der Waals surface area contributed by atoms with Crippen LogP contribution in [0.5, 0.6) is 0 Å². The van der Waals surface area contributed by atoms with E-state index in [-0.39, 0.29) is 17.7 Å². The molecule has 3 aromatic rings. The van der Waals surface area contributed by atoms with Gasteiger partial charge in [0, 0.05) is 22.7 Å². The van der Waals surface area contributed by atoms with E-state index in [1.165, 1.54) is 5.56 Å². The first-order valence-electron chi connectivity index (χ1n) is 11.3. The lowest BCUT2D eigenvalue weighted by Crippen LogP contribution is -2.41. The molecular weight excluding hydrogens is 398 g/mol. The van der Waals surface area contributed by atoms with Gasteiger partial charge in [-0.3, -0.25) is 14.5 Å². The van der Waals surface area contributed by atoms with E-state index in [4.69, 9.17) is 0 Å².